The van der Waals surface area contributed by atoms with Crippen molar-refractivity contribution in [2.24, 2.45) is 11.8 Å². The fourth-order valence-electron chi connectivity index (χ4n) is 1.82. The molecule has 1 rings (SSSR count). The summed E-state index contributed by atoms with van der Waals surface area (Å²) in [6.07, 6.45) is -0.0715. The molecule has 1 aromatic rings. The van der Waals surface area contributed by atoms with E-state index in [1.165, 1.54) is 0 Å². The minimum absolute atomic E-state index is 0.0845. The molecule has 0 aliphatic rings. The van der Waals surface area contributed by atoms with E-state index in [1.54, 1.807) is 0 Å². The van der Waals surface area contributed by atoms with E-state index in [1.807, 2.05) is 44.2 Å². The highest BCUT2D eigenvalue weighted by molar-refractivity contribution is 5.72. The van der Waals surface area contributed by atoms with E-state index < -0.39 is 18.0 Å². The summed E-state index contributed by atoms with van der Waals surface area (Å²) in [6, 6.07) is 9.31. The molecule has 0 saturated heterocycles. The topological polar surface area (TPSA) is 75.6 Å². The molecule has 0 aromatic heterocycles. The van der Waals surface area contributed by atoms with Crippen molar-refractivity contribution in [3.63, 3.8) is 0 Å². The summed E-state index contributed by atoms with van der Waals surface area (Å²) in [6.45, 7) is 4.16. The zero-order valence-corrected chi connectivity index (χ0v) is 11.8. The molecule has 0 aliphatic heterocycles. The van der Waals surface area contributed by atoms with E-state index in [2.05, 4.69) is 5.32 Å². The summed E-state index contributed by atoms with van der Waals surface area (Å²) < 4.78 is 5.02. The van der Waals surface area contributed by atoms with E-state index in [0.29, 0.717) is 6.42 Å². The molecule has 5 heteroatoms. The molecule has 0 spiro atoms. The number of ether oxygens (including phenoxy) is 1. The first-order valence-corrected chi connectivity index (χ1v) is 6.66. The maximum absolute atomic E-state index is 11.5. The summed E-state index contributed by atoms with van der Waals surface area (Å²) >= 11 is 0. The number of hydrogen-bond donors (Lipinski definition) is 2. The lowest BCUT2D eigenvalue weighted by Gasteiger charge is -2.15. The molecule has 0 bridgehead atoms. The number of hydrogen-bond acceptors (Lipinski definition) is 3. The van der Waals surface area contributed by atoms with E-state index >= 15 is 0 Å². The average molecular weight is 279 g/mol. The fraction of sp³-hybridized carbons (Fsp3) is 0.467. The van der Waals surface area contributed by atoms with E-state index in [0.717, 1.165) is 5.56 Å². The van der Waals surface area contributed by atoms with Crippen LogP contribution in [0.2, 0.25) is 0 Å². The van der Waals surface area contributed by atoms with Gasteiger partial charge in [-0.3, -0.25) is 4.79 Å². The van der Waals surface area contributed by atoms with Gasteiger partial charge >= 0.3 is 12.1 Å². The van der Waals surface area contributed by atoms with Crippen molar-refractivity contribution >= 4 is 12.1 Å². The number of carboxylic acids is 1. The van der Waals surface area contributed by atoms with E-state index in [4.69, 9.17) is 9.84 Å². The Hall–Kier alpha value is -2.04. The Kier molecular flexibility index (Phi) is 6.56. The van der Waals surface area contributed by atoms with Crippen LogP contribution >= 0.6 is 0 Å². The number of carbonyl (C=O) groups excluding carboxylic acids is 1. The molecule has 0 unspecified atom stereocenters. The standard InChI is InChI=1S/C15H21NO4/c1-11(2)8-13(14(17)18)9-16-15(19)20-10-12-6-4-3-5-7-12/h3-7,11,13H,8-10H2,1-2H3,(H,16,19)(H,17,18)/t13-/m1/s1. The largest absolute Gasteiger partial charge is 0.481 e. The van der Waals surface area contributed by atoms with Gasteiger partial charge in [0, 0.05) is 6.54 Å². The average Bonchev–Trinajstić information content (AvgIpc) is 2.41. The van der Waals surface area contributed by atoms with Crippen LogP contribution in [0.5, 0.6) is 0 Å². The quantitative estimate of drug-likeness (QED) is 0.804. The monoisotopic (exact) mass is 279 g/mol. The first-order chi connectivity index (χ1) is 9.49. The number of benzene rings is 1. The van der Waals surface area contributed by atoms with Gasteiger partial charge in [-0.2, -0.15) is 0 Å². The third-order valence-corrected chi connectivity index (χ3v) is 2.81. The Morgan fingerprint density at radius 1 is 1.25 bits per heavy atom. The molecule has 0 fully saturated rings. The molecule has 1 aromatic carbocycles. The molecule has 1 amide bonds. The highest BCUT2D eigenvalue weighted by Crippen LogP contribution is 2.11. The Labute approximate surface area is 118 Å². The van der Waals surface area contributed by atoms with Gasteiger partial charge in [-0.05, 0) is 17.9 Å². The van der Waals surface area contributed by atoms with E-state index in [-0.39, 0.29) is 19.1 Å². The van der Waals surface area contributed by atoms with Crippen LogP contribution in [-0.2, 0) is 16.1 Å². The number of carbonyl (C=O) groups is 2. The second-order valence-electron chi connectivity index (χ2n) is 5.11. The van der Waals surface area contributed by atoms with Gasteiger partial charge in [-0.1, -0.05) is 44.2 Å². The summed E-state index contributed by atoms with van der Waals surface area (Å²) in [5.41, 5.74) is 0.889. The van der Waals surface area contributed by atoms with Crippen LogP contribution < -0.4 is 5.32 Å². The van der Waals surface area contributed by atoms with Gasteiger partial charge in [-0.25, -0.2) is 4.79 Å². The Morgan fingerprint density at radius 2 is 1.90 bits per heavy atom. The van der Waals surface area contributed by atoms with Crippen LogP contribution in [0.4, 0.5) is 4.79 Å². The van der Waals surface area contributed by atoms with Crippen LogP contribution in [0.1, 0.15) is 25.8 Å². The number of amides is 1. The van der Waals surface area contributed by atoms with Crippen molar-refractivity contribution in [2.45, 2.75) is 26.9 Å². The van der Waals surface area contributed by atoms with Crippen molar-refractivity contribution in [3.8, 4) is 0 Å². The van der Waals surface area contributed by atoms with E-state index in [9.17, 15) is 9.59 Å². The lowest BCUT2D eigenvalue weighted by Crippen LogP contribution is -2.34. The van der Waals surface area contributed by atoms with Crippen LogP contribution in [-0.4, -0.2) is 23.7 Å². The van der Waals surface area contributed by atoms with Crippen molar-refractivity contribution in [3.05, 3.63) is 35.9 Å². The third-order valence-electron chi connectivity index (χ3n) is 2.81. The molecule has 0 aliphatic carbocycles. The third kappa shape index (κ3) is 6.22. The van der Waals surface area contributed by atoms with Gasteiger partial charge in [0.2, 0.25) is 0 Å². The van der Waals surface area contributed by atoms with Crippen LogP contribution in [0.25, 0.3) is 0 Å². The molecule has 0 heterocycles. The first-order valence-electron chi connectivity index (χ1n) is 6.66. The molecule has 1 atom stereocenters. The molecule has 110 valence electrons. The highest BCUT2D eigenvalue weighted by Gasteiger charge is 2.19. The molecule has 0 radical (unpaired) electrons. The maximum atomic E-state index is 11.5. The van der Waals surface area contributed by atoms with Gasteiger partial charge in [0.05, 0.1) is 5.92 Å². The van der Waals surface area contributed by atoms with Gasteiger partial charge in [-0.15, -0.1) is 0 Å². The minimum atomic E-state index is -0.901. The van der Waals surface area contributed by atoms with Crippen LogP contribution in [0.3, 0.4) is 0 Å². The van der Waals surface area contributed by atoms with Crippen molar-refractivity contribution in [2.75, 3.05) is 6.54 Å². The fourth-order valence-corrected chi connectivity index (χ4v) is 1.82. The SMILES string of the molecule is CC(C)C[C@H](CNC(=O)OCc1ccccc1)C(=O)O. The molecule has 20 heavy (non-hydrogen) atoms. The summed E-state index contributed by atoms with van der Waals surface area (Å²) in [7, 11) is 0. The number of nitrogens with one attached hydrogen (secondary N) is 1. The highest BCUT2D eigenvalue weighted by atomic mass is 16.5. The van der Waals surface area contributed by atoms with Crippen LogP contribution in [0, 0.1) is 11.8 Å². The van der Waals surface area contributed by atoms with Gasteiger partial charge in [0.25, 0.3) is 0 Å². The summed E-state index contributed by atoms with van der Waals surface area (Å²) in [5, 5.41) is 11.5. The molecular weight excluding hydrogens is 258 g/mol. The molecule has 5 nitrogen and oxygen atoms in total. The Balaban J connectivity index is 2.32. The van der Waals surface area contributed by atoms with Gasteiger partial charge in [0.1, 0.15) is 6.61 Å². The smallest absolute Gasteiger partial charge is 0.407 e. The lowest BCUT2D eigenvalue weighted by atomic mass is 9.97. The van der Waals surface area contributed by atoms with Crippen molar-refractivity contribution in [1.29, 1.82) is 0 Å². The van der Waals surface area contributed by atoms with Crippen molar-refractivity contribution in [1.82, 2.24) is 5.32 Å². The lowest BCUT2D eigenvalue weighted by molar-refractivity contribution is -0.142. The predicted molar refractivity (Wildman–Crippen MR) is 75.2 cm³/mol. The number of alkyl carbamates (subject to hydrolysis) is 1. The number of carboxylic acid groups (broad SMARTS) is 1. The molecular formula is C15H21NO4. The first kappa shape index (κ1) is 16.0. The number of aliphatic carboxylic acids is 1. The summed E-state index contributed by atoms with van der Waals surface area (Å²) in [5.74, 6) is -1.22. The normalized spacial score (nSPS) is 11.9. The van der Waals surface area contributed by atoms with Gasteiger partial charge < -0.3 is 15.2 Å². The molecule has 2 N–H and O–H groups in total. The number of rotatable bonds is 7. The van der Waals surface area contributed by atoms with Crippen LogP contribution in [0.15, 0.2) is 30.3 Å². The summed E-state index contributed by atoms with van der Waals surface area (Å²) in [4.78, 5) is 22.5. The zero-order valence-electron chi connectivity index (χ0n) is 11.8. The van der Waals surface area contributed by atoms with Gasteiger partial charge in [0.15, 0.2) is 0 Å². The minimum Gasteiger partial charge on any atom is -0.481 e. The molecule has 0 saturated carbocycles. The second kappa shape index (κ2) is 8.19. The second-order valence-corrected chi connectivity index (χ2v) is 5.11. The predicted octanol–water partition coefficient (Wildman–Crippen LogP) is 2.66. The van der Waals surface area contributed by atoms with Crippen molar-refractivity contribution < 1.29 is 19.4 Å². The Morgan fingerprint density at radius 3 is 2.45 bits per heavy atom. The maximum Gasteiger partial charge on any atom is 0.407 e. The zero-order chi connectivity index (χ0) is 15.0. The Bertz CT molecular complexity index is 431.